The fraction of sp³-hybridized carbons (Fsp3) is 0.391. The molecule has 0 spiro atoms. The van der Waals surface area contributed by atoms with Gasteiger partial charge < -0.3 is 9.47 Å². The van der Waals surface area contributed by atoms with E-state index in [0.717, 1.165) is 24.7 Å². The number of nitrogens with zero attached hydrogens (tertiary/aromatic N) is 1. The van der Waals surface area contributed by atoms with Crippen molar-refractivity contribution < 1.29 is 14.3 Å². The van der Waals surface area contributed by atoms with Crippen molar-refractivity contribution in [1.29, 1.82) is 0 Å². The summed E-state index contributed by atoms with van der Waals surface area (Å²) < 4.78 is 11.4. The first-order valence-electron chi connectivity index (χ1n) is 9.50. The lowest BCUT2D eigenvalue weighted by Gasteiger charge is -2.13. The minimum Gasteiger partial charge on any atom is -0.493 e. The Morgan fingerprint density at radius 2 is 1.78 bits per heavy atom. The number of methoxy groups -OCH3 is 1. The molecule has 0 amide bonds. The maximum atomic E-state index is 11.2. The maximum absolute atomic E-state index is 11.2. The molecule has 1 heterocycles. The fourth-order valence-corrected chi connectivity index (χ4v) is 2.72. The Balaban J connectivity index is 2.13. The number of aromatic nitrogens is 1. The molecule has 4 heteroatoms. The predicted octanol–water partition coefficient (Wildman–Crippen LogP) is 5.04. The highest BCUT2D eigenvalue weighted by Gasteiger charge is 2.12. The Kier molecular flexibility index (Phi) is 8.92. The highest BCUT2D eigenvalue weighted by atomic mass is 16.5. The SMILES string of the molecule is CCCCCCCCOc1c(C#Cc2ccncc2)cc(C=O)cc1OC. The van der Waals surface area contributed by atoms with E-state index in [-0.39, 0.29) is 0 Å². The summed E-state index contributed by atoms with van der Waals surface area (Å²) in [5, 5.41) is 0. The molecule has 4 nitrogen and oxygen atoms in total. The number of carbonyl (C=O) groups excluding carboxylic acids is 1. The van der Waals surface area contributed by atoms with Gasteiger partial charge in [-0.15, -0.1) is 0 Å². The summed E-state index contributed by atoms with van der Waals surface area (Å²) in [5.74, 6) is 7.32. The Labute approximate surface area is 161 Å². The van der Waals surface area contributed by atoms with Gasteiger partial charge in [-0.05, 0) is 30.7 Å². The van der Waals surface area contributed by atoms with Crippen LogP contribution in [0.15, 0.2) is 36.7 Å². The molecule has 0 N–H and O–H groups in total. The van der Waals surface area contributed by atoms with Crippen LogP contribution in [-0.4, -0.2) is 25.0 Å². The third-order valence-corrected chi connectivity index (χ3v) is 4.20. The summed E-state index contributed by atoms with van der Waals surface area (Å²) in [4.78, 5) is 15.2. The summed E-state index contributed by atoms with van der Waals surface area (Å²) in [6.45, 7) is 2.82. The van der Waals surface area contributed by atoms with Gasteiger partial charge in [0, 0.05) is 23.5 Å². The van der Waals surface area contributed by atoms with Crippen molar-refractivity contribution >= 4 is 6.29 Å². The zero-order valence-electron chi connectivity index (χ0n) is 16.2. The fourth-order valence-electron chi connectivity index (χ4n) is 2.72. The average Bonchev–Trinajstić information content (AvgIpc) is 2.72. The monoisotopic (exact) mass is 365 g/mol. The van der Waals surface area contributed by atoms with E-state index < -0.39 is 0 Å². The van der Waals surface area contributed by atoms with Gasteiger partial charge in [-0.2, -0.15) is 0 Å². The second kappa shape index (κ2) is 11.7. The zero-order chi connectivity index (χ0) is 19.3. The number of rotatable bonds is 10. The van der Waals surface area contributed by atoms with Crippen LogP contribution >= 0.6 is 0 Å². The molecule has 1 aromatic heterocycles. The van der Waals surface area contributed by atoms with E-state index in [1.54, 1.807) is 31.6 Å². The number of unbranched alkanes of at least 4 members (excludes halogenated alkanes) is 5. The van der Waals surface area contributed by atoms with Gasteiger partial charge in [0.25, 0.3) is 0 Å². The van der Waals surface area contributed by atoms with Crippen LogP contribution in [0.3, 0.4) is 0 Å². The molecular formula is C23H27NO3. The Morgan fingerprint density at radius 3 is 2.48 bits per heavy atom. The first kappa shape index (κ1) is 20.5. The number of pyridine rings is 1. The molecule has 0 radical (unpaired) electrons. The second-order valence-electron chi connectivity index (χ2n) is 6.32. The molecule has 0 saturated heterocycles. The minimum absolute atomic E-state index is 0.512. The van der Waals surface area contributed by atoms with Crippen LogP contribution in [-0.2, 0) is 0 Å². The maximum Gasteiger partial charge on any atom is 0.176 e. The lowest BCUT2D eigenvalue weighted by molar-refractivity contribution is 0.112. The van der Waals surface area contributed by atoms with E-state index in [2.05, 4.69) is 23.7 Å². The van der Waals surface area contributed by atoms with Crippen LogP contribution in [0.2, 0.25) is 0 Å². The van der Waals surface area contributed by atoms with Crippen LogP contribution in [0.4, 0.5) is 0 Å². The number of benzene rings is 1. The summed E-state index contributed by atoms with van der Waals surface area (Å²) in [6.07, 6.45) is 11.4. The summed E-state index contributed by atoms with van der Waals surface area (Å²) in [5.41, 5.74) is 2.01. The van der Waals surface area contributed by atoms with E-state index >= 15 is 0 Å². The van der Waals surface area contributed by atoms with Crippen molar-refractivity contribution in [2.75, 3.05) is 13.7 Å². The number of hydrogen-bond acceptors (Lipinski definition) is 4. The second-order valence-corrected chi connectivity index (χ2v) is 6.32. The number of ether oxygens (including phenoxy) is 2. The molecular weight excluding hydrogens is 338 g/mol. The molecule has 0 saturated carbocycles. The third kappa shape index (κ3) is 6.79. The van der Waals surface area contributed by atoms with E-state index in [0.29, 0.717) is 29.2 Å². The van der Waals surface area contributed by atoms with E-state index in [4.69, 9.17) is 9.47 Å². The number of aldehydes is 1. The van der Waals surface area contributed by atoms with Crippen molar-refractivity contribution in [3.8, 4) is 23.3 Å². The highest BCUT2D eigenvalue weighted by molar-refractivity contribution is 5.78. The number of carbonyl (C=O) groups is 1. The number of hydrogen-bond donors (Lipinski definition) is 0. The summed E-state index contributed by atoms with van der Waals surface area (Å²) in [6, 6.07) is 7.09. The van der Waals surface area contributed by atoms with Gasteiger partial charge in [-0.3, -0.25) is 9.78 Å². The Bertz CT molecular complexity index is 775. The molecule has 0 aliphatic heterocycles. The van der Waals surface area contributed by atoms with Gasteiger partial charge in [0.15, 0.2) is 11.5 Å². The van der Waals surface area contributed by atoms with Crippen LogP contribution in [0, 0.1) is 11.8 Å². The predicted molar refractivity (Wildman–Crippen MR) is 107 cm³/mol. The highest BCUT2D eigenvalue weighted by Crippen LogP contribution is 2.32. The smallest absolute Gasteiger partial charge is 0.176 e. The van der Waals surface area contributed by atoms with Gasteiger partial charge in [-0.1, -0.05) is 50.9 Å². The molecule has 0 unspecified atom stereocenters. The molecule has 1 aromatic carbocycles. The largest absolute Gasteiger partial charge is 0.493 e. The first-order valence-corrected chi connectivity index (χ1v) is 9.50. The van der Waals surface area contributed by atoms with Crippen LogP contribution in [0.25, 0.3) is 0 Å². The van der Waals surface area contributed by atoms with E-state index in [9.17, 15) is 4.79 Å². The molecule has 2 aromatic rings. The van der Waals surface area contributed by atoms with Gasteiger partial charge in [0.05, 0.1) is 19.3 Å². The third-order valence-electron chi connectivity index (χ3n) is 4.20. The standard InChI is InChI=1S/C23H27NO3/c1-3-4-5-6-7-8-15-27-23-21(10-9-19-11-13-24-14-12-19)16-20(18-25)17-22(23)26-2/h11-14,16-18H,3-8,15H2,1-2H3. The molecule has 0 aliphatic rings. The lowest BCUT2D eigenvalue weighted by atomic mass is 10.1. The van der Waals surface area contributed by atoms with Crippen molar-refractivity contribution in [2.45, 2.75) is 45.4 Å². The molecule has 0 fully saturated rings. The Morgan fingerprint density at radius 1 is 1.04 bits per heavy atom. The Hall–Kier alpha value is -2.80. The van der Waals surface area contributed by atoms with Crippen molar-refractivity contribution in [2.24, 2.45) is 0 Å². The van der Waals surface area contributed by atoms with Gasteiger partial charge in [0.1, 0.15) is 6.29 Å². The van der Waals surface area contributed by atoms with Gasteiger partial charge >= 0.3 is 0 Å². The molecule has 0 bridgehead atoms. The van der Waals surface area contributed by atoms with E-state index in [1.807, 2.05) is 12.1 Å². The van der Waals surface area contributed by atoms with E-state index in [1.165, 1.54) is 25.7 Å². The summed E-state index contributed by atoms with van der Waals surface area (Å²) >= 11 is 0. The van der Waals surface area contributed by atoms with Crippen LogP contribution < -0.4 is 9.47 Å². The first-order chi connectivity index (χ1) is 13.3. The molecule has 27 heavy (non-hydrogen) atoms. The van der Waals surface area contributed by atoms with Gasteiger partial charge in [0.2, 0.25) is 0 Å². The van der Waals surface area contributed by atoms with Crippen molar-refractivity contribution in [3.05, 3.63) is 53.3 Å². The topological polar surface area (TPSA) is 48.4 Å². The summed E-state index contributed by atoms with van der Waals surface area (Å²) in [7, 11) is 1.57. The van der Waals surface area contributed by atoms with Crippen molar-refractivity contribution in [1.82, 2.24) is 4.98 Å². The molecule has 0 aliphatic carbocycles. The zero-order valence-corrected chi connectivity index (χ0v) is 16.2. The molecule has 2 rings (SSSR count). The molecule has 142 valence electrons. The van der Waals surface area contributed by atoms with Crippen molar-refractivity contribution in [3.63, 3.8) is 0 Å². The average molecular weight is 365 g/mol. The van der Waals surface area contributed by atoms with Crippen LogP contribution in [0.1, 0.15) is 66.9 Å². The quantitative estimate of drug-likeness (QED) is 0.336. The normalized spacial score (nSPS) is 10.0. The van der Waals surface area contributed by atoms with Crippen LogP contribution in [0.5, 0.6) is 11.5 Å². The minimum atomic E-state index is 0.512. The van der Waals surface area contributed by atoms with Gasteiger partial charge in [-0.25, -0.2) is 0 Å². The lowest BCUT2D eigenvalue weighted by Crippen LogP contribution is -2.02. The molecule has 0 atom stereocenters.